The molecule has 1 rings (SSSR count). The predicted molar refractivity (Wildman–Crippen MR) is 77.3 cm³/mol. The lowest BCUT2D eigenvalue weighted by Gasteiger charge is -2.19. The summed E-state index contributed by atoms with van der Waals surface area (Å²) in [5.41, 5.74) is 2.81. The molecule has 1 unspecified atom stereocenters. The zero-order valence-electron chi connectivity index (χ0n) is 12.0. The van der Waals surface area contributed by atoms with Gasteiger partial charge in [-0.15, -0.1) is 0 Å². The van der Waals surface area contributed by atoms with Crippen molar-refractivity contribution in [3.63, 3.8) is 0 Å². The summed E-state index contributed by atoms with van der Waals surface area (Å²) in [6, 6.07) is 0.323. The van der Waals surface area contributed by atoms with E-state index in [0.717, 1.165) is 16.6 Å². The van der Waals surface area contributed by atoms with E-state index in [4.69, 9.17) is 4.74 Å². The van der Waals surface area contributed by atoms with E-state index in [-0.39, 0.29) is 5.97 Å². The molecular weight excluding hydrogens is 294 g/mol. The lowest BCUT2D eigenvalue weighted by molar-refractivity contribution is 0.0599. The Kier molecular flexibility index (Phi) is 5.02. The van der Waals surface area contributed by atoms with Crippen LogP contribution in [0.25, 0.3) is 0 Å². The van der Waals surface area contributed by atoms with Gasteiger partial charge in [0.1, 0.15) is 0 Å². The third-order valence-corrected chi connectivity index (χ3v) is 4.21. The number of rotatable bonds is 4. The van der Waals surface area contributed by atoms with Crippen LogP contribution in [0.3, 0.4) is 0 Å². The van der Waals surface area contributed by atoms with Crippen LogP contribution in [0.1, 0.15) is 67.8 Å². The zero-order valence-corrected chi connectivity index (χ0v) is 13.6. The summed E-state index contributed by atoms with van der Waals surface area (Å²) in [6.45, 7) is 10.6. The van der Waals surface area contributed by atoms with Crippen LogP contribution in [0.15, 0.2) is 4.47 Å². The Balaban J connectivity index is 3.54. The Labute approximate surface area is 118 Å². The molecule has 0 saturated carbocycles. The number of halogens is 1. The number of hydrogen-bond acceptors (Lipinski definition) is 2. The third-order valence-electron chi connectivity index (χ3n) is 3.41. The van der Waals surface area contributed by atoms with Crippen LogP contribution in [0, 0.1) is 6.92 Å². The smallest absolute Gasteiger partial charge is 0.340 e. The highest BCUT2D eigenvalue weighted by Crippen LogP contribution is 2.37. The van der Waals surface area contributed by atoms with E-state index in [9.17, 15) is 4.79 Å². The maximum atomic E-state index is 11.9. The van der Waals surface area contributed by atoms with E-state index in [1.807, 2.05) is 6.92 Å². The average molecular weight is 316 g/mol. The van der Waals surface area contributed by atoms with Gasteiger partial charge in [-0.05, 0) is 49.0 Å². The van der Waals surface area contributed by atoms with Crippen molar-refractivity contribution in [1.82, 2.24) is 4.57 Å². The average Bonchev–Trinajstić information content (AvgIpc) is 2.59. The molecule has 0 spiro atoms. The molecule has 1 aromatic heterocycles. The molecule has 0 aliphatic heterocycles. The molecular formula is C14H22BrNO2. The molecule has 4 heteroatoms. The van der Waals surface area contributed by atoms with Gasteiger partial charge in [-0.2, -0.15) is 0 Å². The second-order valence-electron chi connectivity index (χ2n) is 4.92. The minimum absolute atomic E-state index is 0.275. The van der Waals surface area contributed by atoms with Gasteiger partial charge >= 0.3 is 5.97 Å². The minimum atomic E-state index is -0.275. The van der Waals surface area contributed by atoms with E-state index in [2.05, 4.69) is 48.2 Å². The second-order valence-corrected chi connectivity index (χ2v) is 5.72. The molecule has 18 heavy (non-hydrogen) atoms. The van der Waals surface area contributed by atoms with Crippen LogP contribution in [0.4, 0.5) is 0 Å². The van der Waals surface area contributed by atoms with Gasteiger partial charge in [0.05, 0.1) is 17.1 Å². The fourth-order valence-electron chi connectivity index (χ4n) is 2.35. The number of carbonyl (C=O) groups excluding carboxylic acids is 1. The molecule has 0 aliphatic rings. The molecule has 0 radical (unpaired) electrons. The highest BCUT2D eigenvalue weighted by Gasteiger charge is 2.27. The quantitative estimate of drug-likeness (QED) is 0.769. The van der Waals surface area contributed by atoms with Crippen molar-refractivity contribution in [3.05, 3.63) is 21.4 Å². The van der Waals surface area contributed by atoms with Crippen LogP contribution >= 0.6 is 15.9 Å². The van der Waals surface area contributed by atoms with Crippen molar-refractivity contribution in [1.29, 1.82) is 0 Å². The number of carbonyl (C=O) groups is 1. The zero-order chi connectivity index (χ0) is 14.0. The maximum Gasteiger partial charge on any atom is 0.340 e. The first-order valence-corrected chi connectivity index (χ1v) is 7.14. The van der Waals surface area contributed by atoms with Gasteiger partial charge in [-0.1, -0.05) is 13.8 Å². The second kappa shape index (κ2) is 5.91. The summed E-state index contributed by atoms with van der Waals surface area (Å²) in [5.74, 6) is 0.127. The summed E-state index contributed by atoms with van der Waals surface area (Å²) in [5, 5.41) is 0. The molecule has 1 heterocycles. The van der Waals surface area contributed by atoms with E-state index < -0.39 is 0 Å². The van der Waals surface area contributed by atoms with E-state index in [1.54, 1.807) is 0 Å². The summed E-state index contributed by atoms with van der Waals surface area (Å²) < 4.78 is 7.99. The molecule has 0 amide bonds. The maximum absolute atomic E-state index is 11.9. The Morgan fingerprint density at radius 1 is 1.39 bits per heavy atom. The van der Waals surface area contributed by atoms with Crippen LogP contribution < -0.4 is 0 Å². The largest absolute Gasteiger partial charge is 0.465 e. The Bertz CT molecular complexity index is 449. The SMILES string of the molecule is CCC(C)c1c(Br)c(C(=O)OC)c(C)n1C(C)C. The number of ether oxygens (including phenoxy) is 1. The van der Waals surface area contributed by atoms with Crippen LogP contribution in [0.2, 0.25) is 0 Å². The van der Waals surface area contributed by atoms with Crippen molar-refractivity contribution >= 4 is 21.9 Å². The lowest BCUT2D eigenvalue weighted by atomic mass is 10.0. The molecule has 102 valence electrons. The number of esters is 1. The fraction of sp³-hybridized carbons (Fsp3) is 0.643. The lowest BCUT2D eigenvalue weighted by Crippen LogP contribution is -2.10. The van der Waals surface area contributed by atoms with Crippen molar-refractivity contribution < 1.29 is 9.53 Å². The van der Waals surface area contributed by atoms with Gasteiger partial charge < -0.3 is 9.30 Å². The fourth-order valence-corrected chi connectivity index (χ4v) is 3.38. The van der Waals surface area contributed by atoms with E-state index in [0.29, 0.717) is 17.5 Å². The van der Waals surface area contributed by atoms with Crippen LogP contribution in [-0.4, -0.2) is 17.6 Å². The molecule has 0 fully saturated rings. The van der Waals surface area contributed by atoms with Gasteiger partial charge in [0.2, 0.25) is 0 Å². The van der Waals surface area contributed by atoms with Crippen LogP contribution in [0.5, 0.6) is 0 Å². The number of nitrogens with zero attached hydrogens (tertiary/aromatic N) is 1. The van der Waals surface area contributed by atoms with Gasteiger partial charge in [0.25, 0.3) is 0 Å². The van der Waals surface area contributed by atoms with Crippen molar-refractivity contribution in [2.75, 3.05) is 7.11 Å². The van der Waals surface area contributed by atoms with E-state index in [1.165, 1.54) is 12.8 Å². The molecule has 0 saturated heterocycles. The van der Waals surface area contributed by atoms with Gasteiger partial charge in [-0.3, -0.25) is 0 Å². The predicted octanol–water partition coefficient (Wildman–Crippen LogP) is 4.44. The highest BCUT2D eigenvalue weighted by molar-refractivity contribution is 9.10. The van der Waals surface area contributed by atoms with Crippen LogP contribution in [-0.2, 0) is 4.74 Å². The first-order valence-electron chi connectivity index (χ1n) is 6.35. The number of hydrogen-bond donors (Lipinski definition) is 0. The molecule has 0 N–H and O–H groups in total. The summed E-state index contributed by atoms with van der Waals surface area (Å²) in [7, 11) is 1.42. The third kappa shape index (κ3) is 2.48. The Morgan fingerprint density at radius 3 is 2.33 bits per heavy atom. The molecule has 0 aliphatic carbocycles. The van der Waals surface area contributed by atoms with Crippen molar-refractivity contribution in [2.24, 2.45) is 0 Å². The van der Waals surface area contributed by atoms with Gasteiger partial charge in [-0.25, -0.2) is 4.79 Å². The molecule has 0 bridgehead atoms. The summed E-state index contributed by atoms with van der Waals surface area (Å²) in [6.07, 6.45) is 1.04. The first-order chi connectivity index (χ1) is 8.36. The topological polar surface area (TPSA) is 31.2 Å². The summed E-state index contributed by atoms with van der Waals surface area (Å²) >= 11 is 3.58. The Morgan fingerprint density at radius 2 is 1.94 bits per heavy atom. The van der Waals surface area contributed by atoms with Gasteiger partial charge in [0, 0.05) is 17.4 Å². The normalized spacial score (nSPS) is 12.9. The molecule has 0 aromatic carbocycles. The monoisotopic (exact) mass is 315 g/mol. The number of aromatic nitrogens is 1. The minimum Gasteiger partial charge on any atom is -0.465 e. The van der Waals surface area contributed by atoms with E-state index >= 15 is 0 Å². The molecule has 1 aromatic rings. The van der Waals surface area contributed by atoms with Gasteiger partial charge in [0.15, 0.2) is 0 Å². The molecule has 1 atom stereocenters. The Hall–Kier alpha value is -0.770. The first kappa shape index (κ1) is 15.3. The van der Waals surface area contributed by atoms with Crippen molar-refractivity contribution in [2.45, 2.75) is 53.0 Å². The summed E-state index contributed by atoms with van der Waals surface area (Å²) in [4.78, 5) is 11.9. The van der Waals surface area contributed by atoms with Crippen molar-refractivity contribution in [3.8, 4) is 0 Å². The standard InChI is InChI=1S/C14H22BrNO2/c1-7-9(4)13-12(15)11(14(17)18-6)10(5)16(13)8(2)3/h8-9H,7H2,1-6H3. The number of methoxy groups -OCH3 is 1. The molecule has 3 nitrogen and oxygen atoms in total. The highest BCUT2D eigenvalue weighted by atomic mass is 79.9.